The molecule has 0 saturated carbocycles. The number of rotatable bonds is 6. The summed E-state index contributed by atoms with van der Waals surface area (Å²) in [7, 11) is -0.759. The largest absolute Gasteiger partial charge is 0.467 e. The lowest BCUT2D eigenvalue weighted by Crippen LogP contribution is -2.24. The second-order valence-electron chi connectivity index (χ2n) is 6.57. The van der Waals surface area contributed by atoms with Crippen LogP contribution in [0.3, 0.4) is 0 Å². The van der Waals surface area contributed by atoms with E-state index in [1.165, 1.54) is 26.5 Å². The van der Waals surface area contributed by atoms with Crippen LogP contribution >= 0.6 is 23.2 Å². The highest BCUT2D eigenvalue weighted by Crippen LogP contribution is 2.30. The number of carbonyl (C=O) groups is 1. The van der Waals surface area contributed by atoms with Gasteiger partial charge in [0.25, 0.3) is 5.91 Å². The average molecular weight is 469 g/mol. The van der Waals surface area contributed by atoms with Gasteiger partial charge in [0.1, 0.15) is 6.33 Å². The third-order valence-corrected chi connectivity index (χ3v) is 6.65. The molecule has 0 aliphatic rings. The lowest BCUT2D eigenvalue weighted by Gasteiger charge is -2.15. The molecule has 3 aromatic rings. The standard InChI is InChI=1S/C19H18Cl2N4O4S/c1-11-4-5-13(8-16(11)30(27,28)25(2)3)24-17(26)9-29-19-14-6-12(20)7-15(21)18(14)22-10-23-19/h4-8,10H,9H2,1-3H3,(H,24,26). The van der Waals surface area contributed by atoms with Crippen LogP contribution in [0.25, 0.3) is 10.9 Å². The monoisotopic (exact) mass is 468 g/mol. The molecule has 1 amide bonds. The van der Waals surface area contributed by atoms with Crippen molar-refractivity contribution in [1.82, 2.24) is 14.3 Å². The van der Waals surface area contributed by atoms with Gasteiger partial charge in [-0.25, -0.2) is 22.7 Å². The summed E-state index contributed by atoms with van der Waals surface area (Å²) in [5.41, 5.74) is 1.34. The van der Waals surface area contributed by atoms with Gasteiger partial charge in [-0.05, 0) is 36.8 Å². The SMILES string of the molecule is Cc1ccc(NC(=O)COc2ncnc3c(Cl)cc(Cl)cc23)cc1S(=O)(=O)N(C)C. The van der Waals surface area contributed by atoms with Gasteiger partial charge in [-0.3, -0.25) is 4.79 Å². The zero-order chi connectivity index (χ0) is 22.1. The summed E-state index contributed by atoms with van der Waals surface area (Å²) in [6.45, 7) is 1.32. The van der Waals surface area contributed by atoms with Crippen molar-refractivity contribution in [3.8, 4) is 5.88 Å². The fourth-order valence-corrected chi connectivity index (χ4v) is 4.35. The second kappa shape index (κ2) is 8.73. The number of benzene rings is 2. The third-order valence-electron chi connectivity index (χ3n) is 4.19. The van der Waals surface area contributed by atoms with Crippen LogP contribution in [0.5, 0.6) is 5.88 Å². The smallest absolute Gasteiger partial charge is 0.262 e. The average Bonchev–Trinajstić information content (AvgIpc) is 2.67. The van der Waals surface area contributed by atoms with Crippen LogP contribution in [0.2, 0.25) is 10.0 Å². The van der Waals surface area contributed by atoms with Gasteiger partial charge in [-0.15, -0.1) is 0 Å². The van der Waals surface area contributed by atoms with E-state index >= 15 is 0 Å². The molecule has 3 rings (SSSR count). The molecule has 0 atom stereocenters. The number of nitrogens with one attached hydrogen (secondary N) is 1. The van der Waals surface area contributed by atoms with Gasteiger partial charge in [0.2, 0.25) is 15.9 Å². The van der Waals surface area contributed by atoms with Crippen molar-refractivity contribution >= 4 is 55.7 Å². The fourth-order valence-electron chi connectivity index (χ4n) is 2.67. The molecule has 158 valence electrons. The Morgan fingerprint density at radius 2 is 1.90 bits per heavy atom. The van der Waals surface area contributed by atoms with E-state index in [4.69, 9.17) is 27.9 Å². The number of nitrogens with zero attached hydrogens (tertiary/aromatic N) is 3. The molecule has 0 fully saturated rings. The molecule has 8 nitrogen and oxygen atoms in total. The maximum Gasteiger partial charge on any atom is 0.262 e. The highest BCUT2D eigenvalue weighted by molar-refractivity contribution is 7.89. The van der Waals surface area contributed by atoms with Gasteiger partial charge in [0, 0.05) is 24.8 Å². The zero-order valence-corrected chi connectivity index (χ0v) is 18.6. The first-order valence-corrected chi connectivity index (χ1v) is 10.8. The molecule has 0 spiro atoms. The maximum atomic E-state index is 12.4. The van der Waals surface area contributed by atoms with Crippen LogP contribution in [0.1, 0.15) is 5.56 Å². The number of ether oxygens (including phenoxy) is 1. The molecule has 11 heteroatoms. The number of hydrogen-bond acceptors (Lipinski definition) is 6. The van der Waals surface area contributed by atoms with E-state index in [0.717, 1.165) is 4.31 Å². The second-order valence-corrected chi connectivity index (χ2v) is 9.53. The van der Waals surface area contributed by atoms with E-state index in [-0.39, 0.29) is 17.4 Å². The Bertz CT molecular complexity index is 1230. The molecular formula is C19H18Cl2N4O4S. The number of hydrogen-bond donors (Lipinski definition) is 1. The van der Waals surface area contributed by atoms with Gasteiger partial charge in [-0.1, -0.05) is 29.3 Å². The molecule has 0 aliphatic heterocycles. The summed E-state index contributed by atoms with van der Waals surface area (Å²) in [6, 6.07) is 7.78. The van der Waals surface area contributed by atoms with Gasteiger partial charge < -0.3 is 10.1 Å². The quantitative estimate of drug-likeness (QED) is 0.593. The van der Waals surface area contributed by atoms with Crippen LogP contribution < -0.4 is 10.1 Å². The van der Waals surface area contributed by atoms with Crippen LogP contribution in [-0.2, 0) is 14.8 Å². The van der Waals surface area contributed by atoms with Crippen molar-refractivity contribution in [2.45, 2.75) is 11.8 Å². The van der Waals surface area contributed by atoms with E-state index in [1.54, 1.807) is 31.2 Å². The summed E-state index contributed by atoms with van der Waals surface area (Å²) in [5, 5.41) is 3.81. The summed E-state index contributed by atoms with van der Waals surface area (Å²) in [4.78, 5) is 20.6. The van der Waals surface area contributed by atoms with Gasteiger partial charge in [0.05, 0.1) is 20.8 Å². The number of aryl methyl sites for hydroxylation is 1. The number of aromatic nitrogens is 2. The van der Waals surface area contributed by atoms with Crippen molar-refractivity contribution in [2.75, 3.05) is 26.0 Å². The van der Waals surface area contributed by atoms with E-state index in [2.05, 4.69) is 15.3 Å². The van der Waals surface area contributed by atoms with Gasteiger partial charge >= 0.3 is 0 Å². The lowest BCUT2D eigenvalue weighted by molar-refractivity contribution is -0.118. The molecular weight excluding hydrogens is 451 g/mol. The molecule has 1 aromatic heterocycles. The van der Waals surface area contributed by atoms with Crippen LogP contribution in [0, 0.1) is 6.92 Å². The molecule has 0 radical (unpaired) electrons. The fraction of sp³-hybridized carbons (Fsp3) is 0.211. The first kappa shape index (κ1) is 22.2. The highest BCUT2D eigenvalue weighted by atomic mass is 35.5. The molecule has 0 aliphatic carbocycles. The molecule has 0 saturated heterocycles. The maximum absolute atomic E-state index is 12.4. The summed E-state index contributed by atoms with van der Waals surface area (Å²) in [6.07, 6.45) is 1.27. The Morgan fingerprint density at radius 3 is 2.60 bits per heavy atom. The Kier molecular flexibility index (Phi) is 6.47. The third kappa shape index (κ3) is 4.65. The van der Waals surface area contributed by atoms with Crippen molar-refractivity contribution < 1.29 is 17.9 Å². The Morgan fingerprint density at radius 1 is 1.17 bits per heavy atom. The van der Waals surface area contributed by atoms with Gasteiger partial charge in [-0.2, -0.15) is 0 Å². The number of sulfonamides is 1. The first-order valence-electron chi connectivity index (χ1n) is 8.65. The number of halogens is 2. The topological polar surface area (TPSA) is 101 Å². The predicted molar refractivity (Wildman–Crippen MR) is 116 cm³/mol. The van der Waals surface area contributed by atoms with Crippen LogP contribution in [-0.4, -0.2) is 49.3 Å². The Labute approximate surface area is 183 Å². The molecule has 1 N–H and O–H groups in total. The summed E-state index contributed by atoms with van der Waals surface area (Å²) >= 11 is 12.2. The minimum atomic E-state index is -3.64. The number of fused-ring (bicyclic) bond motifs is 1. The molecule has 0 unspecified atom stereocenters. The minimum absolute atomic E-state index is 0.109. The van der Waals surface area contributed by atoms with Crippen molar-refractivity contribution in [2.24, 2.45) is 0 Å². The van der Waals surface area contributed by atoms with Crippen molar-refractivity contribution in [3.05, 3.63) is 52.3 Å². The minimum Gasteiger partial charge on any atom is -0.467 e. The van der Waals surface area contributed by atoms with Crippen molar-refractivity contribution in [1.29, 1.82) is 0 Å². The molecule has 30 heavy (non-hydrogen) atoms. The van der Waals surface area contributed by atoms with Gasteiger partial charge in [0.15, 0.2) is 6.61 Å². The van der Waals surface area contributed by atoms with Crippen LogP contribution in [0.4, 0.5) is 5.69 Å². The Hall–Kier alpha value is -2.46. The number of anilines is 1. The van der Waals surface area contributed by atoms with E-state index in [9.17, 15) is 13.2 Å². The highest BCUT2D eigenvalue weighted by Gasteiger charge is 2.20. The van der Waals surface area contributed by atoms with Crippen molar-refractivity contribution in [3.63, 3.8) is 0 Å². The van der Waals surface area contributed by atoms with E-state index in [0.29, 0.717) is 32.2 Å². The molecule has 2 aromatic carbocycles. The Balaban J connectivity index is 1.77. The summed E-state index contributed by atoms with van der Waals surface area (Å²) in [5.74, 6) is -0.341. The number of carbonyl (C=O) groups excluding carboxylic acids is 1. The first-order chi connectivity index (χ1) is 14.1. The number of amides is 1. The molecule has 1 heterocycles. The summed E-state index contributed by atoms with van der Waals surface area (Å²) < 4.78 is 31.5. The molecule has 0 bridgehead atoms. The van der Waals surface area contributed by atoms with E-state index < -0.39 is 15.9 Å². The lowest BCUT2D eigenvalue weighted by atomic mass is 10.2. The van der Waals surface area contributed by atoms with E-state index in [1.807, 2.05) is 0 Å². The predicted octanol–water partition coefficient (Wildman–Crippen LogP) is 3.51. The zero-order valence-electron chi connectivity index (χ0n) is 16.3. The van der Waals surface area contributed by atoms with Crippen LogP contribution in [0.15, 0.2) is 41.6 Å². The normalized spacial score (nSPS) is 11.7.